The summed E-state index contributed by atoms with van der Waals surface area (Å²) in [4.78, 5) is 14.9. The molecule has 1 aromatic heterocycles. The van der Waals surface area contributed by atoms with E-state index in [4.69, 9.17) is 0 Å². The summed E-state index contributed by atoms with van der Waals surface area (Å²) in [5.74, 6) is 0.0811. The maximum Gasteiger partial charge on any atom is 0.268 e. The molecule has 0 bridgehead atoms. The van der Waals surface area contributed by atoms with Crippen LogP contribution in [0.3, 0.4) is 0 Å². The molecule has 0 atom stereocenters. The predicted octanol–water partition coefficient (Wildman–Crippen LogP) is 2.80. The highest BCUT2D eigenvalue weighted by molar-refractivity contribution is 9.10. The number of likely N-dealkylation sites (tertiary alicyclic amines) is 1. The van der Waals surface area contributed by atoms with E-state index in [1.807, 2.05) is 12.3 Å². The molecule has 5 heteroatoms. The average molecular weight is 340 g/mol. The molecule has 1 saturated heterocycles. The largest absolute Gasteiger partial charge is 0.348 e. The molecule has 0 spiro atoms. The zero-order valence-electron chi connectivity index (χ0n) is 11.9. The number of halogens is 1. The topological polar surface area (TPSA) is 37.3 Å². The number of aromatic nitrogens is 1. The molecule has 4 nitrogen and oxygen atoms in total. The normalized spacial score (nSPS) is 21.1. The standard InChI is InChI=1S/C15H22BrN3O/c1-2-18-7-5-12(6-8-18)17-15(20)14-9-11(16)10-19(14)13-3-4-13/h9-10,12-13H,2-8H2,1H3,(H,17,20). The lowest BCUT2D eigenvalue weighted by Crippen LogP contribution is -2.44. The third kappa shape index (κ3) is 3.09. The molecule has 2 aliphatic rings. The Morgan fingerprint density at radius 3 is 2.65 bits per heavy atom. The number of rotatable bonds is 4. The zero-order chi connectivity index (χ0) is 14.1. The maximum absolute atomic E-state index is 12.5. The number of nitrogens with zero attached hydrogens (tertiary/aromatic N) is 2. The van der Waals surface area contributed by atoms with Gasteiger partial charge in [0.2, 0.25) is 0 Å². The van der Waals surface area contributed by atoms with E-state index in [1.165, 1.54) is 12.8 Å². The van der Waals surface area contributed by atoms with Crippen molar-refractivity contribution in [2.75, 3.05) is 19.6 Å². The fourth-order valence-electron chi connectivity index (χ4n) is 2.94. The lowest BCUT2D eigenvalue weighted by Gasteiger charge is -2.31. The number of carbonyl (C=O) groups is 1. The molecule has 1 aliphatic carbocycles. The predicted molar refractivity (Wildman–Crippen MR) is 83.0 cm³/mol. The molecule has 2 fully saturated rings. The molecular formula is C15H22BrN3O. The van der Waals surface area contributed by atoms with Crippen molar-refractivity contribution in [2.45, 2.75) is 44.7 Å². The smallest absolute Gasteiger partial charge is 0.268 e. The van der Waals surface area contributed by atoms with Gasteiger partial charge in [0.15, 0.2) is 0 Å². The van der Waals surface area contributed by atoms with Gasteiger partial charge in [0.25, 0.3) is 5.91 Å². The van der Waals surface area contributed by atoms with Gasteiger partial charge in [0, 0.05) is 35.8 Å². The Labute approximate surface area is 128 Å². The molecule has 1 aliphatic heterocycles. The number of carbonyl (C=O) groups excluding carboxylic acids is 1. The molecule has 3 rings (SSSR count). The molecule has 2 heterocycles. The molecule has 0 unspecified atom stereocenters. The third-order valence-electron chi connectivity index (χ3n) is 4.36. The van der Waals surface area contributed by atoms with Crippen LogP contribution in [0.25, 0.3) is 0 Å². The van der Waals surface area contributed by atoms with E-state index in [9.17, 15) is 4.79 Å². The highest BCUT2D eigenvalue weighted by atomic mass is 79.9. The molecule has 1 saturated carbocycles. The summed E-state index contributed by atoms with van der Waals surface area (Å²) in [6.07, 6.45) is 6.54. The van der Waals surface area contributed by atoms with Gasteiger partial charge in [-0.1, -0.05) is 6.92 Å². The monoisotopic (exact) mass is 339 g/mol. The molecule has 110 valence electrons. The van der Waals surface area contributed by atoms with Crippen molar-refractivity contribution in [2.24, 2.45) is 0 Å². The van der Waals surface area contributed by atoms with E-state index in [0.29, 0.717) is 12.1 Å². The summed E-state index contributed by atoms with van der Waals surface area (Å²) in [5, 5.41) is 3.21. The van der Waals surface area contributed by atoms with Crippen LogP contribution in [-0.2, 0) is 0 Å². The average Bonchev–Trinajstić information content (AvgIpc) is 3.22. The second-order valence-electron chi connectivity index (χ2n) is 5.86. The van der Waals surface area contributed by atoms with Crippen molar-refractivity contribution in [3.63, 3.8) is 0 Å². The summed E-state index contributed by atoms with van der Waals surface area (Å²) >= 11 is 3.48. The number of hydrogen-bond acceptors (Lipinski definition) is 2. The van der Waals surface area contributed by atoms with E-state index in [-0.39, 0.29) is 5.91 Å². The van der Waals surface area contributed by atoms with Crippen molar-refractivity contribution in [3.05, 3.63) is 22.4 Å². The van der Waals surface area contributed by atoms with Crippen molar-refractivity contribution in [3.8, 4) is 0 Å². The van der Waals surface area contributed by atoms with Gasteiger partial charge in [-0.15, -0.1) is 0 Å². The van der Waals surface area contributed by atoms with E-state index in [2.05, 4.69) is 37.6 Å². The molecule has 1 amide bonds. The molecular weight excluding hydrogens is 318 g/mol. The SMILES string of the molecule is CCN1CCC(NC(=O)c2cc(Br)cn2C2CC2)CC1. The first-order chi connectivity index (χ1) is 9.67. The van der Waals surface area contributed by atoms with Gasteiger partial charge >= 0.3 is 0 Å². The van der Waals surface area contributed by atoms with Gasteiger partial charge in [0.05, 0.1) is 0 Å². The number of nitrogens with one attached hydrogen (secondary N) is 1. The summed E-state index contributed by atoms with van der Waals surface area (Å²) in [6, 6.07) is 2.80. The van der Waals surface area contributed by atoms with Crippen LogP contribution < -0.4 is 5.32 Å². The first kappa shape index (κ1) is 14.1. The fourth-order valence-corrected chi connectivity index (χ4v) is 3.37. The second kappa shape index (κ2) is 5.90. The molecule has 20 heavy (non-hydrogen) atoms. The van der Waals surface area contributed by atoms with E-state index >= 15 is 0 Å². The minimum atomic E-state index is 0.0811. The van der Waals surface area contributed by atoms with Gasteiger partial charge in [-0.05, 0) is 54.2 Å². The minimum absolute atomic E-state index is 0.0811. The molecule has 0 aromatic carbocycles. The Morgan fingerprint density at radius 2 is 2.05 bits per heavy atom. The summed E-state index contributed by atoms with van der Waals surface area (Å²) in [5.41, 5.74) is 0.803. The van der Waals surface area contributed by atoms with Gasteiger partial charge in [0.1, 0.15) is 5.69 Å². The second-order valence-corrected chi connectivity index (χ2v) is 6.78. The number of hydrogen-bond donors (Lipinski definition) is 1. The van der Waals surface area contributed by atoms with E-state index < -0.39 is 0 Å². The highest BCUT2D eigenvalue weighted by Gasteiger charge is 2.29. The Kier molecular flexibility index (Phi) is 4.17. The first-order valence-corrected chi connectivity index (χ1v) is 8.37. The zero-order valence-corrected chi connectivity index (χ0v) is 13.5. The summed E-state index contributed by atoms with van der Waals surface area (Å²) < 4.78 is 3.12. The number of amides is 1. The van der Waals surface area contributed by atoms with Crippen molar-refractivity contribution in [1.29, 1.82) is 0 Å². The van der Waals surface area contributed by atoms with Gasteiger partial charge in [-0.3, -0.25) is 4.79 Å². The van der Waals surface area contributed by atoms with Gasteiger partial charge in [-0.2, -0.15) is 0 Å². The minimum Gasteiger partial charge on any atom is -0.348 e. The lowest BCUT2D eigenvalue weighted by molar-refractivity contribution is 0.0903. The van der Waals surface area contributed by atoms with Crippen molar-refractivity contribution < 1.29 is 4.79 Å². The summed E-state index contributed by atoms with van der Waals surface area (Å²) in [7, 11) is 0. The van der Waals surface area contributed by atoms with Crippen molar-refractivity contribution >= 4 is 21.8 Å². The quantitative estimate of drug-likeness (QED) is 0.915. The highest BCUT2D eigenvalue weighted by Crippen LogP contribution is 2.37. The van der Waals surface area contributed by atoms with Crippen LogP contribution in [0.4, 0.5) is 0 Å². The Balaban J connectivity index is 1.62. The molecule has 0 radical (unpaired) electrons. The molecule has 1 N–H and O–H groups in total. The van der Waals surface area contributed by atoms with E-state index in [1.54, 1.807) is 0 Å². The van der Waals surface area contributed by atoms with Crippen LogP contribution in [0.2, 0.25) is 0 Å². The third-order valence-corrected chi connectivity index (χ3v) is 4.79. The van der Waals surface area contributed by atoms with Crippen LogP contribution in [0.15, 0.2) is 16.7 Å². The lowest BCUT2D eigenvalue weighted by atomic mass is 10.0. The van der Waals surface area contributed by atoms with Crippen molar-refractivity contribution in [1.82, 2.24) is 14.8 Å². The maximum atomic E-state index is 12.5. The van der Waals surface area contributed by atoms with Crippen LogP contribution in [0, 0.1) is 0 Å². The number of piperidine rings is 1. The van der Waals surface area contributed by atoms with E-state index in [0.717, 1.165) is 42.6 Å². The summed E-state index contributed by atoms with van der Waals surface area (Å²) in [6.45, 7) is 5.49. The van der Waals surface area contributed by atoms with Crippen LogP contribution in [-0.4, -0.2) is 41.1 Å². The van der Waals surface area contributed by atoms with Gasteiger partial charge < -0.3 is 14.8 Å². The fraction of sp³-hybridized carbons (Fsp3) is 0.667. The Bertz CT molecular complexity index is 487. The molecule has 1 aromatic rings. The Hall–Kier alpha value is -0.810. The van der Waals surface area contributed by atoms with Crippen LogP contribution >= 0.6 is 15.9 Å². The van der Waals surface area contributed by atoms with Crippen LogP contribution in [0.5, 0.6) is 0 Å². The van der Waals surface area contributed by atoms with Gasteiger partial charge in [-0.25, -0.2) is 0 Å². The Morgan fingerprint density at radius 1 is 1.35 bits per heavy atom. The van der Waals surface area contributed by atoms with Crippen LogP contribution in [0.1, 0.15) is 49.1 Å². The first-order valence-electron chi connectivity index (χ1n) is 7.58.